The summed E-state index contributed by atoms with van der Waals surface area (Å²) in [6.45, 7) is 2.72. The first-order chi connectivity index (χ1) is 14.9. The number of fused-ring (bicyclic) bond motifs is 1. The highest BCUT2D eigenvalue weighted by Gasteiger charge is 2.32. The van der Waals surface area contributed by atoms with E-state index in [1.54, 1.807) is 17.8 Å². The molecule has 3 aromatic heterocycles. The average molecular weight is 424 g/mol. The number of aromatic nitrogens is 4. The molecule has 1 saturated heterocycles. The topological polar surface area (TPSA) is 84.5 Å². The maximum Gasteiger partial charge on any atom is 0.256 e. The lowest BCUT2D eigenvalue weighted by atomic mass is 10.1. The third-order valence-corrected chi connectivity index (χ3v) is 6.37. The predicted octanol–water partition coefficient (Wildman–Crippen LogP) is 2.44. The molecule has 2 fully saturated rings. The SMILES string of the molecule is C[C@H](NC(=O)c1cnn2ccc(N3CCCC3c3cc(F)cn(C)c3=O)nc12)C1CC1. The Bertz CT molecular complexity index is 1210. The van der Waals surface area contributed by atoms with Crippen molar-refractivity contribution in [3.05, 3.63) is 58.0 Å². The van der Waals surface area contributed by atoms with Gasteiger partial charge in [-0.2, -0.15) is 5.10 Å². The summed E-state index contributed by atoms with van der Waals surface area (Å²) in [7, 11) is 1.55. The van der Waals surface area contributed by atoms with Crippen molar-refractivity contribution in [2.24, 2.45) is 13.0 Å². The molecule has 1 N–H and O–H groups in total. The van der Waals surface area contributed by atoms with E-state index in [9.17, 15) is 14.0 Å². The monoisotopic (exact) mass is 424 g/mol. The molecule has 0 bridgehead atoms. The Morgan fingerprint density at radius 3 is 2.90 bits per heavy atom. The quantitative estimate of drug-likeness (QED) is 0.680. The van der Waals surface area contributed by atoms with Crippen LogP contribution < -0.4 is 15.8 Å². The van der Waals surface area contributed by atoms with Crippen LogP contribution in [0.4, 0.5) is 10.2 Å². The number of rotatable bonds is 5. The number of nitrogens with zero attached hydrogens (tertiary/aromatic N) is 5. The highest BCUT2D eigenvalue weighted by molar-refractivity contribution is 5.99. The zero-order chi connectivity index (χ0) is 21.7. The summed E-state index contributed by atoms with van der Waals surface area (Å²) in [5, 5.41) is 7.31. The minimum atomic E-state index is -0.438. The Morgan fingerprint density at radius 2 is 2.13 bits per heavy atom. The van der Waals surface area contributed by atoms with E-state index in [2.05, 4.69) is 10.4 Å². The number of aryl methyl sites for hydroxylation is 1. The van der Waals surface area contributed by atoms with Crippen LogP contribution in [0.25, 0.3) is 5.65 Å². The van der Waals surface area contributed by atoms with Gasteiger partial charge in [0.15, 0.2) is 5.65 Å². The van der Waals surface area contributed by atoms with Crippen LogP contribution in [0, 0.1) is 11.7 Å². The number of pyridine rings is 1. The van der Waals surface area contributed by atoms with Gasteiger partial charge in [0.25, 0.3) is 11.5 Å². The second kappa shape index (κ2) is 7.47. The number of amides is 1. The van der Waals surface area contributed by atoms with Crippen LogP contribution in [0.3, 0.4) is 0 Å². The number of carbonyl (C=O) groups excluding carboxylic acids is 1. The fourth-order valence-electron chi connectivity index (χ4n) is 4.48. The van der Waals surface area contributed by atoms with E-state index in [1.165, 1.54) is 23.0 Å². The lowest BCUT2D eigenvalue weighted by Gasteiger charge is -2.26. The predicted molar refractivity (Wildman–Crippen MR) is 114 cm³/mol. The second-order valence-electron chi connectivity index (χ2n) is 8.59. The van der Waals surface area contributed by atoms with E-state index in [0.717, 1.165) is 25.7 Å². The molecule has 0 spiro atoms. The Balaban J connectivity index is 1.48. The van der Waals surface area contributed by atoms with E-state index >= 15 is 0 Å². The molecule has 9 heteroatoms. The summed E-state index contributed by atoms with van der Waals surface area (Å²) in [5.74, 6) is 0.572. The van der Waals surface area contributed by atoms with Crippen LogP contribution in [0.1, 0.15) is 54.6 Å². The first kappa shape index (κ1) is 19.7. The van der Waals surface area contributed by atoms with Crippen LogP contribution in [-0.4, -0.2) is 37.7 Å². The molecule has 1 aliphatic carbocycles. The van der Waals surface area contributed by atoms with Crippen LogP contribution in [0.5, 0.6) is 0 Å². The number of nitrogens with one attached hydrogen (secondary N) is 1. The van der Waals surface area contributed by atoms with Gasteiger partial charge in [-0.25, -0.2) is 13.9 Å². The van der Waals surface area contributed by atoms with Crippen LogP contribution in [-0.2, 0) is 7.05 Å². The molecule has 1 amide bonds. The summed E-state index contributed by atoms with van der Waals surface area (Å²) < 4.78 is 16.9. The molecule has 0 aromatic carbocycles. The summed E-state index contributed by atoms with van der Waals surface area (Å²) in [6.07, 6.45) is 8.38. The van der Waals surface area contributed by atoms with E-state index in [-0.39, 0.29) is 23.6 Å². The number of hydrogen-bond donors (Lipinski definition) is 1. The first-order valence-corrected chi connectivity index (χ1v) is 10.7. The van der Waals surface area contributed by atoms with Crippen molar-refractivity contribution < 1.29 is 9.18 Å². The molecule has 162 valence electrons. The van der Waals surface area contributed by atoms with Crippen molar-refractivity contribution in [2.45, 2.75) is 44.7 Å². The molecular formula is C22H25FN6O2. The fraction of sp³-hybridized carbons (Fsp3) is 0.455. The van der Waals surface area contributed by atoms with Crippen LogP contribution in [0.2, 0.25) is 0 Å². The Labute approximate surface area is 178 Å². The van der Waals surface area contributed by atoms with Gasteiger partial charge in [0, 0.05) is 37.6 Å². The largest absolute Gasteiger partial charge is 0.349 e. The number of carbonyl (C=O) groups is 1. The van der Waals surface area contributed by atoms with Gasteiger partial charge in [0.05, 0.1) is 12.2 Å². The minimum absolute atomic E-state index is 0.123. The minimum Gasteiger partial charge on any atom is -0.349 e. The molecular weight excluding hydrogens is 399 g/mol. The van der Waals surface area contributed by atoms with Gasteiger partial charge in [0.1, 0.15) is 17.2 Å². The van der Waals surface area contributed by atoms with Crippen molar-refractivity contribution >= 4 is 17.4 Å². The smallest absolute Gasteiger partial charge is 0.256 e. The van der Waals surface area contributed by atoms with Crippen LogP contribution in [0.15, 0.2) is 35.5 Å². The Hall–Kier alpha value is -3.23. The average Bonchev–Trinajstić information content (AvgIpc) is 3.33. The van der Waals surface area contributed by atoms with Crippen molar-refractivity contribution in [3.8, 4) is 0 Å². The normalized spacial score (nSPS) is 19.7. The molecule has 2 atom stereocenters. The molecule has 1 aliphatic heterocycles. The van der Waals surface area contributed by atoms with Crippen LogP contribution >= 0.6 is 0 Å². The Kier molecular flexibility index (Phi) is 4.75. The maximum absolute atomic E-state index is 14.0. The van der Waals surface area contributed by atoms with Crippen molar-refractivity contribution in [1.82, 2.24) is 24.5 Å². The van der Waals surface area contributed by atoms with Crippen molar-refractivity contribution in [1.29, 1.82) is 0 Å². The number of anilines is 1. The highest BCUT2D eigenvalue weighted by atomic mass is 19.1. The second-order valence-corrected chi connectivity index (χ2v) is 8.59. The van der Waals surface area contributed by atoms with Gasteiger partial charge in [-0.1, -0.05) is 0 Å². The summed E-state index contributed by atoms with van der Waals surface area (Å²) in [5.41, 5.74) is 1.10. The Morgan fingerprint density at radius 1 is 1.32 bits per heavy atom. The van der Waals surface area contributed by atoms with E-state index in [0.29, 0.717) is 35.1 Å². The van der Waals surface area contributed by atoms with Crippen molar-refractivity contribution in [3.63, 3.8) is 0 Å². The fourth-order valence-corrected chi connectivity index (χ4v) is 4.48. The molecule has 5 rings (SSSR count). The lowest BCUT2D eigenvalue weighted by molar-refractivity contribution is 0.0937. The molecule has 1 saturated carbocycles. The molecule has 31 heavy (non-hydrogen) atoms. The summed E-state index contributed by atoms with van der Waals surface area (Å²) in [6, 6.07) is 2.99. The van der Waals surface area contributed by atoms with Gasteiger partial charge < -0.3 is 14.8 Å². The zero-order valence-electron chi connectivity index (χ0n) is 17.6. The molecule has 2 aliphatic rings. The molecule has 4 heterocycles. The van der Waals surface area contributed by atoms with Gasteiger partial charge in [-0.15, -0.1) is 0 Å². The van der Waals surface area contributed by atoms with Gasteiger partial charge >= 0.3 is 0 Å². The first-order valence-electron chi connectivity index (χ1n) is 10.7. The zero-order valence-corrected chi connectivity index (χ0v) is 17.6. The molecule has 1 unspecified atom stereocenters. The maximum atomic E-state index is 14.0. The third kappa shape index (κ3) is 3.58. The standard InChI is InChI=1S/C22H25FN6O2/c1-13(14-5-6-14)25-21(30)17-11-24-29-9-7-19(26-20(17)29)28-8-3-4-18(28)16-10-15(23)12-27(2)22(16)31/h7,9-14,18H,3-6,8H2,1-2H3,(H,25,30)/t13-,18?/m0/s1. The lowest BCUT2D eigenvalue weighted by Crippen LogP contribution is -2.34. The van der Waals surface area contributed by atoms with Gasteiger partial charge in [-0.3, -0.25) is 9.59 Å². The van der Waals surface area contributed by atoms with Crippen molar-refractivity contribution in [2.75, 3.05) is 11.4 Å². The van der Waals surface area contributed by atoms with E-state index in [4.69, 9.17) is 4.98 Å². The molecule has 8 nitrogen and oxygen atoms in total. The van der Waals surface area contributed by atoms with Gasteiger partial charge in [0.2, 0.25) is 0 Å². The molecule has 0 radical (unpaired) electrons. The summed E-state index contributed by atoms with van der Waals surface area (Å²) in [4.78, 5) is 32.2. The molecule has 3 aromatic rings. The van der Waals surface area contributed by atoms with Gasteiger partial charge in [-0.05, 0) is 50.7 Å². The third-order valence-electron chi connectivity index (χ3n) is 6.37. The summed E-state index contributed by atoms with van der Waals surface area (Å²) >= 11 is 0. The van der Waals surface area contributed by atoms with E-state index < -0.39 is 5.82 Å². The highest BCUT2D eigenvalue weighted by Crippen LogP contribution is 2.35. The van der Waals surface area contributed by atoms with E-state index in [1.807, 2.05) is 17.9 Å². The number of hydrogen-bond acceptors (Lipinski definition) is 5. The number of halogens is 1.